The number of hydrogen-bond donors (Lipinski definition) is 1. The first kappa shape index (κ1) is 10.9. The van der Waals surface area contributed by atoms with Crippen molar-refractivity contribution in [3.63, 3.8) is 0 Å². The van der Waals surface area contributed by atoms with Gasteiger partial charge < -0.3 is 9.84 Å². The van der Waals surface area contributed by atoms with Crippen molar-refractivity contribution in [1.82, 2.24) is 0 Å². The third kappa shape index (κ3) is 7.82. The lowest BCUT2D eigenvalue weighted by Crippen LogP contribution is -2.10. The van der Waals surface area contributed by atoms with E-state index in [1.165, 1.54) is 19.3 Å². The van der Waals surface area contributed by atoms with Crippen LogP contribution in [0.2, 0.25) is 0 Å². The van der Waals surface area contributed by atoms with Gasteiger partial charge in [-0.3, -0.25) is 0 Å². The van der Waals surface area contributed by atoms with Crippen LogP contribution >= 0.6 is 0 Å². The molecule has 0 spiro atoms. The predicted octanol–water partition coefficient (Wildman–Crippen LogP) is 2.31. The molecule has 0 aliphatic rings. The highest BCUT2D eigenvalue weighted by molar-refractivity contribution is 4.40. The van der Waals surface area contributed by atoms with Crippen molar-refractivity contribution in [3.8, 4) is 0 Å². The zero-order chi connectivity index (χ0) is 8.53. The van der Waals surface area contributed by atoms with Crippen molar-refractivity contribution in [3.05, 3.63) is 0 Å². The van der Waals surface area contributed by atoms with Crippen molar-refractivity contribution in [2.75, 3.05) is 6.61 Å². The van der Waals surface area contributed by atoms with Crippen molar-refractivity contribution < 1.29 is 9.84 Å². The molecule has 68 valence electrons. The van der Waals surface area contributed by atoms with Crippen LogP contribution in [-0.4, -0.2) is 18.0 Å². The minimum Gasteiger partial charge on any atom is -0.368 e. The third-order valence-electron chi connectivity index (χ3n) is 1.66. The summed E-state index contributed by atoms with van der Waals surface area (Å²) in [7, 11) is 0. The van der Waals surface area contributed by atoms with Gasteiger partial charge in [0.05, 0.1) is 0 Å². The van der Waals surface area contributed by atoms with Gasteiger partial charge in [0.15, 0.2) is 6.29 Å². The average Bonchev–Trinajstić information content (AvgIpc) is 2.04. The van der Waals surface area contributed by atoms with Crippen LogP contribution in [0.1, 0.15) is 46.0 Å². The monoisotopic (exact) mass is 160 g/mol. The Balaban J connectivity index is 2.89. The zero-order valence-electron chi connectivity index (χ0n) is 7.68. The van der Waals surface area contributed by atoms with Crippen molar-refractivity contribution in [2.24, 2.45) is 0 Å². The molecule has 0 aromatic rings. The van der Waals surface area contributed by atoms with Crippen LogP contribution in [0.15, 0.2) is 0 Å². The molecule has 0 aromatic carbocycles. The van der Waals surface area contributed by atoms with E-state index in [1.54, 1.807) is 0 Å². The molecule has 0 radical (unpaired) electrons. The fourth-order valence-electron chi connectivity index (χ4n) is 0.866. The Labute approximate surface area is 69.6 Å². The summed E-state index contributed by atoms with van der Waals surface area (Å²) in [5, 5.41) is 8.99. The Kier molecular flexibility index (Phi) is 7.96. The first-order chi connectivity index (χ1) is 5.31. The predicted molar refractivity (Wildman–Crippen MR) is 46.4 cm³/mol. The van der Waals surface area contributed by atoms with Gasteiger partial charge in [0, 0.05) is 6.61 Å². The molecule has 11 heavy (non-hydrogen) atoms. The molecular formula is C9H20O2. The summed E-state index contributed by atoms with van der Waals surface area (Å²) < 4.78 is 5.09. The van der Waals surface area contributed by atoms with Crippen LogP contribution in [0.25, 0.3) is 0 Å². The summed E-state index contributed by atoms with van der Waals surface area (Å²) in [6.07, 6.45) is 4.95. The highest BCUT2D eigenvalue weighted by Crippen LogP contribution is 2.00. The van der Waals surface area contributed by atoms with Gasteiger partial charge in [0.1, 0.15) is 0 Å². The lowest BCUT2D eigenvalue weighted by atomic mass is 10.2. The van der Waals surface area contributed by atoms with Crippen LogP contribution in [0.3, 0.4) is 0 Å². The lowest BCUT2D eigenvalue weighted by Gasteiger charge is -2.08. The second-order valence-corrected chi connectivity index (χ2v) is 2.79. The van der Waals surface area contributed by atoms with Gasteiger partial charge in [-0.05, 0) is 12.8 Å². The van der Waals surface area contributed by atoms with Crippen LogP contribution in [-0.2, 0) is 4.74 Å². The molecule has 2 nitrogen and oxygen atoms in total. The van der Waals surface area contributed by atoms with Crippen molar-refractivity contribution >= 4 is 0 Å². The molecule has 0 saturated carbocycles. The SMILES string of the molecule is CCCCCCOC(O)CC. The summed E-state index contributed by atoms with van der Waals surface area (Å²) in [4.78, 5) is 0. The summed E-state index contributed by atoms with van der Waals surface area (Å²) >= 11 is 0. The van der Waals surface area contributed by atoms with Crippen LogP contribution in [0.4, 0.5) is 0 Å². The van der Waals surface area contributed by atoms with Gasteiger partial charge in [-0.15, -0.1) is 0 Å². The molecule has 0 rings (SSSR count). The zero-order valence-corrected chi connectivity index (χ0v) is 7.68. The summed E-state index contributed by atoms with van der Waals surface area (Å²) in [5.41, 5.74) is 0. The Morgan fingerprint density at radius 2 is 1.91 bits per heavy atom. The van der Waals surface area contributed by atoms with Gasteiger partial charge in [0.25, 0.3) is 0 Å². The minimum absolute atomic E-state index is 0.545. The van der Waals surface area contributed by atoms with E-state index in [0.717, 1.165) is 6.42 Å². The molecule has 0 aromatic heterocycles. The third-order valence-corrected chi connectivity index (χ3v) is 1.66. The van der Waals surface area contributed by atoms with Gasteiger partial charge >= 0.3 is 0 Å². The van der Waals surface area contributed by atoms with Gasteiger partial charge in [-0.1, -0.05) is 33.1 Å². The maximum Gasteiger partial charge on any atom is 0.154 e. The molecule has 0 aliphatic heterocycles. The first-order valence-corrected chi connectivity index (χ1v) is 4.61. The normalized spacial score (nSPS) is 13.4. The van der Waals surface area contributed by atoms with Gasteiger partial charge in [-0.2, -0.15) is 0 Å². The molecule has 0 amide bonds. The Bertz CT molecular complexity index is 74.0. The summed E-state index contributed by atoms with van der Waals surface area (Å²) in [6, 6.07) is 0. The number of rotatable bonds is 7. The van der Waals surface area contributed by atoms with E-state index in [4.69, 9.17) is 9.84 Å². The first-order valence-electron chi connectivity index (χ1n) is 4.61. The second-order valence-electron chi connectivity index (χ2n) is 2.79. The molecule has 1 unspecified atom stereocenters. The lowest BCUT2D eigenvalue weighted by molar-refractivity contribution is -0.101. The molecular weight excluding hydrogens is 140 g/mol. The Morgan fingerprint density at radius 3 is 2.45 bits per heavy atom. The summed E-state index contributed by atoms with van der Waals surface area (Å²) in [6.45, 7) is 4.80. The molecule has 0 fully saturated rings. The molecule has 1 N–H and O–H groups in total. The topological polar surface area (TPSA) is 29.5 Å². The molecule has 0 saturated heterocycles. The fourth-order valence-corrected chi connectivity index (χ4v) is 0.866. The van der Waals surface area contributed by atoms with E-state index in [0.29, 0.717) is 13.0 Å². The van der Waals surface area contributed by atoms with E-state index < -0.39 is 6.29 Å². The van der Waals surface area contributed by atoms with E-state index in [2.05, 4.69) is 6.92 Å². The van der Waals surface area contributed by atoms with Crippen LogP contribution in [0.5, 0.6) is 0 Å². The van der Waals surface area contributed by atoms with Gasteiger partial charge in [-0.25, -0.2) is 0 Å². The van der Waals surface area contributed by atoms with E-state index in [1.807, 2.05) is 6.92 Å². The number of aliphatic hydroxyl groups excluding tert-OH is 1. The van der Waals surface area contributed by atoms with E-state index in [-0.39, 0.29) is 0 Å². The minimum atomic E-state index is -0.545. The van der Waals surface area contributed by atoms with Crippen molar-refractivity contribution in [2.45, 2.75) is 52.2 Å². The van der Waals surface area contributed by atoms with Crippen molar-refractivity contribution in [1.29, 1.82) is 0 Å². The smallest absolute Gasteiger partial charge is 0.154 e. The molecule has 1 atom stereocenters. The highest BCUT2D eigenvalue weighted by Gasteiger charge is 1.97. The Hall–Kier alpha value is -0.0800. The van der Waals surface area contributed by atoms with Gasteiger partial charge in [0.2, 0.25) is 0 Å². The standard InChI is InChI=1S/C9H20O2/c1-3-5-6-7-8-11-9(10)4-2/h9-10H,3-8H2,1-2H3. The maximum absolute atomic E-state index is 8.99. The second kappa shape index (κ2) is 8.02. The molecule has 2 heteroatoms. The maximum atomic E-state index is 8.99. The quantitative estimate of drug-likeness (QED) is 0.457. The Morgan fingerprint density at radius 1 is 1.18 bits per heavy atom. The van der Waals surface area contributed by atoms with Crippen LogP contribution < -0.4 is 0 Å². The van der Waals surface area contributed by atoms with E-state index >= 15 is 0 Å². The summed E-state index contributed by atoms with van der Waals surface area (Å²) in [5.74, 6) is 0. The molecule has 0 bridgehead atoms. The largest absolute Gasteiger partial charge is 0.368 e. The fraction of sp³-hybridized carbons (Fsp3) is 1.00. The number of ether oxygens (including phenoxy) is 1. The number of hydrogen-bond acceptors (Lipinski definition) is 2. The highest BCUT2D eigenvalue weighted by atomic mass is 16.6. The molecule has 0 aliphatic carbocycles. The number of unbranched alkanes of at least 4 members (excludes halogenated alkanes) is 3. The molecule has 0 heterocycles. The van der Waals surface area contributed by atoms with Crippen LogP contribution in [0, 0.1) is 0 Å². The average molecular weight is 160 g/mol. The van der Waals surface area contributed by atoms with E-state index in [9.17, 15) is 0 Å². The number of aliphatic hydroxyl groups is 1.